The molecule has 1 aromatic rings. The molecule has 0 fully saturated rings. The molecule has 0 unspecified atom stereocenters. The molecule has 0 aliphatic carbocycles. The average molecular weight is 150 g/mol. The van der Waals surface area contributed by atoms with E-state index in [0.29, 0.717) is 17.1 Å². The van der Waals surface area contributed by atoms with Gasteiger partial charge in [0.05, 0.1) is 5.69 Å². The van der Waals surface area contributed by atoms with Crippen LogP contribution in [0.2, 0.25) is 0 Å². The van der Waals surface area contributed by atoms with E-state index in [1.165, 1.54) is 0 Å². The third-order valence-electron chi connectivity index (χ3n) is 1.54. The molecule has 0 saturated carbocycles. The lowest BCUT2D eigenvalue weighted by Crippen LogP contribution is -1.92. The number of rotatable bonds is 1. The molecule has 0 saturated heterocycles. The van der Waals surface area contributed by atoms with Crippen molar-refractivity contribution in [2.24, 2.45) is 5.11 Å². The lowest BCUT2D eigenvalue weighted by atomic mass is 10.1. The first-order valence-corrected chi connectivity index (χ1v) is 3.18. The van der Waals surface area contributed by atoms with E-state index >= 15 is 0 Å². The highest BCUT2D eigenvalue weighted by atomic mass is 15.0. The van der Waals surface area contributed by atoms with Crippen molar-refractivity contribution in [3.05, 3.63) is 17.7 Å². The van der Waals surface area contributed by atoms with Crippen LogP contribution >= 0.6 is 0 Å². The second-order valence-corrected chi connectivity index (χ2v) is 2.38. The van der Waals surface area contributed by atoms with E-state index in [0.717, 1.165) is 5.56 Å². The van der Waals surface area contributed by atoms with Crippen LogP contribution < -0.4 is 11.5 Å². The summed E-state index contributed by atoms with van der Waals surface area (Å²) < 4.78 is 0. The number of anilines is 2. The highest BCUT2D eigenvalue weighted by Crippen LogP contribution is 2.26. The van der Waals surface area contributed by atoms with Gasteiger partial charge in [-0.15, -0.1) is 0 Å². The zero-order chi connectivity index (χ0) is 8.43. The molecule has 0 amide bonds. The summed E-state index contributed by atoms with van der Waals surface area (Å²) in [4.78, 5) is 0. The van der Waals surface area contributed by atoms with Gasteiger partial charge in [0.25, 0.3) is 0 Å². The van der Waals surface area contributed by atoms with Crippen LogP contribution in [0.25, 0.3) is 0 Å². The first-order chi connectivity index (χ1) is 5.15. The van der Waals surface area contributed by atoms with Crippen LogP contribution in [0, 0.1) is 12.5 Å². The Bertz CT molecular complexity index is 293. The Hall–Kier alpha value is -1.58. The zero-order valence-corrected chi connectivity index (χ0v) is 6.26. The van der Waals surface area contributed by atoms with E-state index in [1.54, 1.807) is 12.1 Å². The second-order valence-electron chi connectivity index (χ2n) is 2.38. The Morgan fingerprint density at radius 2 is 1.91 bits per heavy atom. The van der Waals surface area contributed by atoms with Crippen LogP contribution in [0.4, 0.5) is 17.1 Å². The summed E-state index contributed by atoms with van der Waals surface area (Å²) in [5.41, 5.74) is 20.3. The first kappa shape index (κ1) is 7.53. The molecule has 0 spiro atoms. The molecule has 5 N–H and O–H groups in total. The molecule has 0 atom stereocenters. The van der Waals surface area contributed by atoms with Gasteiger partial charge in [-0.2, -0.15) is 5.11 Å². The van der Waals surface area contributed by atoms with Crippen molar-refractivity contribution in [1.82, 2.24) is 0 Å². The fourth-order valence-electron chi connectivity index (χ4n) is 0.832. The van der Waals surface area contributed by atoms with E-state index in [2.05, 4.69) is 5.11 Å². The molecule has 0 heterocycles. The van der Waals surface area contributed by atoms with Gasteiger partial charge in [-0.05, 0) is 24.6 Å². The van der Waals surface area contributed by atoms with Gasteiger partial charge >= 0.3 is 0 Å². The van der Waals surface area contributed by atoms with Crippen molar-refractivity contribution >= 4 is 17.1 Å². The normalized spacial score (nSPS) is 9.55. The fraction of sp³-hybridized carbons (Fsp3) is 0.143. The number of hydrogen-bond donors (Lipinski definition) is 3. The van der Waals surface area contributed by atoms with Gasteiger partial charge in [0.2, 0.25) is 0 Å². The van der Waals surface area contributed by atoms with E-state index < -0.39 is 0 Å². The quantitative estimate of drug-likeness (QED) is 0.421. The molecule has 0 aliphatic heterocycles. The zero-order valence-electron chi connectivity index (χ0n) is 6.26. The largest absolute Gasteiger partial charge is 0.398 e. The maximum absolute atomic E-state index is 6.74. The van der Waals surface area contributed by atoms with Crippen molar-refractivity contribution in [1.29, 1.82) is 5.53 Å². The number of nitrogens with zero attached hydrogens (tertiary/aromatic N) is 1. The van der Waals surface area contributed by atoms with Crippen molar-refractivity contribution in [3.8, 4) is 0 Å². The number of hydrogen-bond acceptors (Lipinski definition) is 4. The smallest absolute Gasteiger partial charge is 0.110 e. The Morgan fingerprint density at radius 1 is 1.27 bits per heavy atom. The van der Waals surface area contributed by atoms with Gasteiger partial charge in [-0.3, -0.25) is 0 Å². The molecule has 0 radical (unpaired) electrons. The third kappa shape index (κ3) is 1.29. The number of aryl methyl sites for hydroxylation is 1. The van der Waals surface area contributed by atoms with Gasteiger partial charge in [0.1, 0.15) is 5.69 Å². The van der Waals surface area contributed by atoms with Crippen LogP contribution in [0.5, 0.6) is 0 Å². The van der Waals surface area contributed by atoms with Gasteiger partial charge in [0, 0.05) is 5.69 Å². The van der Waals surface area contributed by atoms with Gasteiger partial charge in [-0.25, -0.2) is 5.53 Å². The van der Waals surface area contributed by atoms with Crippen molar-refractivity contribution in [2.45, 2.75) is 6.92 Å². The molecule has 0 bridgehead atoms. The van der Waals surface area contributed by atoms with Gasteiger partial charge < -0.3 is 11.5 Å². The Kier molecular flexibility index (Phi) is 1.76. The summed E-state index contributed by atoms with van der Waals surface area (Å²) in [6.07, 6.45) is 0. The lowest BCUT2D eigenvalue weighted by Gasteiger charge is -2.02. The molecule has 58 valence electrons. The minimum Gasteiger partial charge on any atom is -0.398 e. The molecule has 4 heteroatoms. The summed E-state index contributed by atoms with van der Waals surface area (Å²) >= 11 is 0. The van der Waals surface area contributed by atoms with Crippen molar-refractivity contribution < 1.29 is 0 Å². The van der Waals surface area contributed by atoms with Crippen LogP contribution in [-0.2, 0) is 0 Å². The lowest BCUT2D eigenvalue weighted by molar-refractivity contribution is 1.15. The highest BCUT2D eigenvalue weighted by Gasteiger charge is 2.00. The molecule has 0 aliphatic rings. The van der Waals surface area contributed by atoms with E-state index in [9.17, 15) is 0 Å². The summed E-state index contributed by atoms with van der Waals surface area (Å²) in [7, 11) is 0. The van der Waals surface area contributed by atoms with Gasteiger partial charge in [-0.1, -0.05) is 0 Å². The van der Waals surface area contributed by atoms with Crippen LogP contribution in [-0.4, -0.2) is 0 Å². The second kappa shape index (κ2) is 2.57. The molecule has 4 nitrogen and oxygen atoms in total. The minimum absolute atomic E-state index is 0.424. The number of benzene rings is 1. The number of nitrogen functional groups attached to an aromatic ring is 2. The molecular weight excluding hydrogens is 140 g/mol. The SMILES string of the molecule is Cc1cc(N)c(N=N)cc1N. The predicted octanol–water partition coefficient (Wildman–Crippen LogP) is 1.82. The van der Waals surface area contributed by atoms with Gasteiger partial charge in [0.15, 0.2) is 0 Å². The van der Waals surface area contributed by atoms with Crippen molar-refractivity contribution in [3.63, 3.8) is 0 Å². The topological polar surface area (TPSA) is 88.2 Å². The molecular formula is C7H10N4. The summed E-state index contributed by atoms with van der Waals surface area (Å²) in [6, 6.07) is 3.31. The van der Waals surface area contributed by atoms with Crippen LogP contribution in [0.3, 0.4) is 0 Å². The molecule has 1 rings (SSSR count). The highest BCUT2D eigenvalue weighted by molar-refractivity contribution is 5.70. The average Bonchev–Trinajstić information content (AvgIpc) is 1.97. The standard InChI is InChI=1S/C7H10N4/c1-4-2-6(9)7(11-10)3-5(4)8/h2-3,10H,8-9H2,1H3. The Labute approximate surface area is 64.7 Å². The maximum atomic E-state index is 6.74. The Morgan fingerprint density at radius 3 is 2.45 bits per heavy atom. The fourth-order valence-corrected chi connectivity index (χ4v) is 0.832. The van der Waals surface area contributed by atoms with E-state index in [-0.39, 0.29) is 0 Å². The maximum Gasteiger partial charge on any atom is 0.110 e. The van der Waals surface area contributed by atoms with Crippen molar-refractivity contribution in [2.75, 3.05) is 11.5 Å². The molecule has 11 heavy (non-hydrogen) atoms. The summed E-state index contributed by atoms with van der Waals surface area (Å²) in [5.74, 6) is 0. The van der Waals surface area contributed by atoms with E-state index in [4.69, 9.17) is 17.0 Å². The van der Waals surface area contributed by atoms with Crippen LogP contribution in [0.1, 0.15) is 5.56 Å². The summed E-state index contributed by atoms with van der Waals surface area (Å²) in [5, 5.41) is 3.22. The number of nitrogens with two attached hydrogens (primary N) is 2. The third-order valence-corrected chi connectivity index (χ3v) is 1.54. The monoisotopic (exact) mass is 150 g/mol. The molecule has 0 aromatic heterocycles. The number of nitrogens with one attached hydrogen (secondary N) is 1. The predicted molar refractivity (Wildman–Crippen MR) is 44.8 cm³/mol. The van der Waals surface area contributed by atoms with Crippen LogP contribution in [0.15, 0.2) is 17.2 Å². The first-order valence-electron chi connectivity index (χ1n) is 3.18. The van der Waals surface area contributed by atoms with E-state index in [1.807, 2.05) is 6.92 Å². The Balaban J connectivity index is 3.31. The minimum atomic E-state index is 0.424. The summed E-state index contributed by atoms with van der Waals surface area (Å²) in [6.45, 7) is 1.86. The molecule has 1 aromatic carbocycles.